The molecule has 2 heteroatoms. The van der Waals surface area contributed by atoms with Crippen LogP contribution in [0.5, 0.6) is 0 Å². The maximum Gasteiger partial charge on any atom is 0.0951 e. The van der Waals surface area contributed by atoms with E-state index in [9.17, 15) is 0 Å². The zero-order chi connectivity index (χ0) is 12.7. The number of anilines is 1. The summed E-state index contributed by atoms with van der Waals surface area (Å²) in [6, 6.07) is 11.9. The molecule has 0 unspecified atom stereocenters. The molecule has 3 fully saturated rings. The summed E-state index contributed by atoms with van der Waals surface area (Å²) in [5.74, 6) is 2.16. The van der Waals surface area contributed by atoms with Crippen molar-refractivity contribution >= 4 is 5.69 Å². The van der Waals surface area contributed by atoms with Gasteiger partial charge in [0.05, 0.1) is 32.2 Å². The summed E-state index contributed by atoms with van der Waals surface area (Å²) in [5.41, 5.74) is 1.41. The number of piperazine rings is 1. The Morgan fingerprint density at radius 3 is 2.37 bits per heavy atom. The van der Waals surface area contributed by atoms with E-state index in [2.05, 4.69) is 35.2 Å². The van der Waals surface area contributed by atoms with Crippen LogP contribution in [-0.2, 0) is 0 Å². The third-order valence-corrected chi connectivity index (χ3v) is 5.79. The van der Waals surface area contributed by atoms with Gasteiger partial charge in [-0.05, 0) is 37.3 Å². The first kappa shape index (κ1) is 11.8. The summed E-state index contributed by atoms with van der Waals surface area (Å²) in [6.45, 7) is 5.19. The summed E-state index contributed by atoms with van der Waals surface area (Å²) in [6.07, 6.45) is 6.15. The van der Waals surface area contributed by atoms with Crippen molar-refractivity contribution in [1.29, 1.82) is 0 Å². The highest BCUT2D eigenvalue weighted by atomic mass is 15.3. The van der Waals surface area contributed by atoms with Crippen molar-refractivity contribution in [2.45, 2.75) is 31.7 Å². The molecule has 2 saturated carbocycles. The predicted octanol–water partition coefficient (Wildman–Crippen LogP) is 1.58. The van der Waals surface area contributed by atoms with E-state index < -0.39 is 0 Å². The van der Waals surface area contributed by atoms with Gasteiger partial charge in [0, 0.05) is 18.0 Å². The molecule has 0 amide bonds. The Balaban J connectivity index is 1.38. The summed E-state index contributed by atoms with van der Waals surface area (Å²) in [5, 5.41) is 0. The van der Waals surface area contributed by atoms with E-state index in [0.717, 1.165) is 17.9 Å². The van der Waals surface area contributed by atoms with Crippen LogP contribution in [0.1, 0.15) is 25.7 Å². The Morgan fingerprint density at radius 2 is 1.74 bits per heavy atom. The molecular weight excluding hydrogens is 232 g/mol. The highest BCUT2D eigenvalue weighted by molar-refractivity contribution is 5.46. The molecule has 3 aliphatic rings. The molecule has 1 saturated heterocycles. The lowest BCUT2D eigenvalue weighted by atomic mass is 9.93. The summed E-state index contributed by atoms with van der Waals surface area (Å²) in [7, 11) is 0. The van der Waals surface area contributed by atoms with Crippen molar-refractivity contribution in [1.82, 2.24) is 0 Å². The van der Waals surface area contributed by atoms with E-state index in [1.54, 1.807) is 6.42 Å². The standard InChI is InChI=1S/C17H24N2/c1-2-4-16(5-3-1)18-8-10-19(11-9-18)17-13-14-6-7-15(17)12-14/h1-5,14-15,17H,6-13H2/p+1/t14-,15+,17+/m0/s1. The molecule has 0 aromatic heterocycles. The SMILES string of the molecule is c1ccc(N2CC[NH+]([C@@H]3C[C@H]4CC[C@@H]3C4)CC2)cc1. The number of para-hydroxylation sites is 1. The molecule has 0 radical (unpaired) electrons. The van der Waals surface area contributed by atoms with Gasteiger partial charge in [-0.2, -0.15) is 0 Å². The molecule has 3 atom stereocenters. The predicted molar refractivity (Wildman–Crippen MR) is 78.6 cm³/mol. The van der Waals surface area contributed by atoms with Gasteiger partial charge in [-0.25, -0.2) is 0 Å². The molecule has 4 rings (SSSR count). The van der Waals surface area contributed by atoms with Crippen LogP contribution in [-0.4, -0.2) is 32.2 Å². The molecule has 1 heterocycles. The third-order valence-electron chi connectivity index (χ3n) is 5.79. The molecule has 1 N–H and O–H groups in total. The Hall–Kier alpha value is -1.02. The van der Waals surface area contributed by atoms with Crippen LogP contribution in [0.4, 0.5) is 5.69 Å². The smallest absolute Gasteiger partial charge is 0.0951 e. The maximum atomic E-state index is 2.57. The first-order valence-corrected chi connectivity index (χ1v) is 8.05. The molecule has 1 aliphatic heterocycles. The van der Waals surface area contributed by atoms with E-state index >= 15 is 0 Å². The van der Waals surface area contributed by atoms with Gasteiger partial charge in [-0.1, -0.05) is 18.2 Å². The second-order valence-corrected chi connectivity index (χ2v) is 6.76. The largest absolute Gasteiger partial charge is 0.360 e. The van der Waals surface area contributed by atoms with Crippen LogP contribution in [0, 0.1) is 11.8 Å². The molecule has 0 spiro atoms. The quantitative estimate of drug-likeness (QED) is 0.845. The highest BCUT2D eigenvalue weighted by Gasteiger charge is 2.45. The fourth-order valence-corrected chi connectivity index (χ4v) is 4.81. The zero-order valence-electron chi connectivity index (χ0n) is 11.7. The van der Waals surface area contributed by atoms with E-state index in [1.165, 1.54) is 51.1 Å². The third kappa shape index (κ3) is 2.16. The van der Waals surface area contributed by atoms with Crippen LogP contribution in [0.25, 0.3) is 0 Å². The van der Waals surface area contributed by atoms with Gasteiger partial charge in [0.1, 0.15) is 0 Å². The average molecular weight is 257 g/mol. The van der Waals surface area contributed by atoms with Crippen molar-refractivity contribution in [3.05, 3.63) is 30.3 Å². The summed E-state index contributed by atoms with van der Waals surface area (Å²) < 4.78 is 0. The first-order chi connectivity index (χ1) is 9.40. The van der Waals surface area contributed by atoms with Crippen LogP contribution in [0.3, 0.4) is 0 Å². The molecule has 1 aromatic rings. The van der Waals surface area contributed by atoms with Crippen LogP contribution in [0.15, 0.2) is 30.3 Å². The molecular formula is C17H25N2+. The summed E-state index contributed by atoms with van der Waals surface area (Å²) >= 11 is 0. The number of quaternary nitrogens is 1. The number of nitrogens with one attached hydrogen (secondary N) is 1. The Morgan fingerprint density at radius 1 is 0.947 bits per heavy atom. The fourth-order valence-electron chi connectivity index (χ4n) is 4.81. The van der Waals surface area contributed by atoms with Crippen molar-refractivity contribution in [2.75, 3.05) is 31.1 Å². The molecule has 2 aliphatic carbocycles. The fraction of sp³-hybridized carbons (Fsp3) is 0.647. The van der Waals surface area contributed by atoms with Crippen molar-refractivity contribution in [2.24, 2.45) is 11.8 Å². The van der Waals surface area contributed by atoms with E-state index in [0.29, 0.717) is 0 Å². The van der Waals surface area contributed by atoms with Gasteiger partial charge in [-0.15, -0.1) is 0 Å². The molecule has 2 bridgehead atoms. The summed E-state index contributed by atoms with van der Waals surface area (Å²) in [4.78, 5) is 4.48. The van der Waals surface area contributed by atoms with Crippen LogP contribution >= 0.6 is 0 Å². The first-order valence-electron chi connectivity index (χ1n) is 8.05. The molecule has 2 nitrogen and oxygen atoms in total. The van der Waals surface area contributed by atoms with Gasteiger partial charge in [0.2, 0.25) is 0 Å². The van der Waals surface area contributed by atoms with Gasteiger partial charge in [-0.3, -0.25) is 0 Å². The van der Waals surface area contributed by atoms with Gasteiger partial charge in [0.15, 0.2) is 0 Å². The number of hydrogen-bond donors (Lipinski definition) is 1. The number of rotatable bonds is 2. The second-order valence-electron chi connectivity index (χ2n) is 6.76. The van der Waals surface area contributed by atoms with E-state index in [1.807, 2.05) is 4.90 Å². The minimum atomic E-state index is 1.01. The number of fused-ring (bicyclic) bond motifs is 2. The van der Waals surface area contributed by atoms with Gasteiger partial charge >= 0.3 is 0 Å². The lowest BCUT2D eigenvalue weighted by Crippen LogP contribution is -3.18. The molecule has 102 valence electrons. The van der Waals surface area contributed by atoms with Crippen molar-refractivity contribution < 1.29 is 4.90 Å². The van der Waals surface area contributed by atoms with Gasteiger partial charge < -0.3 is 9.80 Å². The van der Waals surface area contributed by atoms with Crippen molar-refractivity contribution in [3.8, 4) is 0 Å². The minimum absolute atomic E-state index is 1.01. The molecule has 19 heavy (non-hydrogen) atoms. The Labute approximate surface area is 116 Å². The second kappa shape index (κ2) is 4.82. The minimum Gasteiger partial charge on any atom is -0.360 e. The zero-order valence-corrected chi connectivity index (χ0v) is 11.7. The monoisotopic (exact) mass is 257 g/mol. The molecule has 1 aromatic carbocycles. The normalized spacial score (nSPS) is 34.9. The van der Waals surface area contributed by atoms with E-state index in [4.69, 9.17) is 0 Å². The number of benzene rings is 1. The lowest BCUT2D eigenvalue weighted by Gasteiger charge is -2.39. The van der Waals surface area contributed by atoms with Crippen LogP contribution < -0.4 is 9.80 Å². The topological polar surface area (TPSA) is 7.68 Å². The van der Waals surface area contributed by atoms with Crippen molar-refractivity contribution in [3.63, 3.8) is 0 Å². The van der Waals surface area contributed by atoms with Crippen LogP contribution in [0.2, 0.25) is 0 Å². The Bertz CT molecular complexity index is 422. The maximum absolute atomic E-state index is 2.57. The van der Waals surface area contributed by atoms with E-state index in [-0.39, 0.29) is 0 Å². The Kier molecular flexibility index (Phi) is 2.99. The number of nitrogens with zero attached hydrogens (tertiary/aromatic N) is 1. The average Bonchev–Trinajstić information content (AvgIpc) is 3.11. The van der Waals surface area contributed by atoms with Gasteiger partial charge in [0.25, 0.3) is 0 Å². The lowest BCUT2D eigenvalue weighted by molar-refractivity contribution is -0.929. The highest BCUT2D eigenvalue weighted by Crippen LogP contribution is 2.43. The number of hydrogen-bond acceptors (Lipinski definition) is 1.